The molecule has 0 spiro atoms. The maximum atomic E-state index is 6.04. The zero-order valence-electron chi connectivity index (χ0n) is 16.1. The highest BCUT2D eigenvalue weighted by Crippen LogP contribution is 2.29. The summed E-state index contributed by atoms with van der Waals surface area (Å²) in [7, 11) is 0. The van der Waals surface area contributed by atoms with Crippen LogP contribution >= 0.6 is 11.8 Å². The topological polar surface area (TPSA) is 39.9 Å². The van der Waals surface area contributed by atoms with Gasteiger partial charge < -0.3 is 9.30 Å². The molecule has 0 radical (unpaired) electrons. The lowest BCUT2D eigenvalue weighted by Gasteiger charge is -2.15. The number of nitrogens with zero attached hydrogens (tertiary/aromatic N) is 3. The number of para-hydroxylation sites is 1. The van der Waals surface area contributed by atoms with Gasteiger partial charge in [0.05, 0.1) is 0 Å². The first-order chi connectivity index (χ1) is 13.8. The van der Waals surface area contributed by atoms with Gasteiger partial charge in [-0.05, 0) is 42.3 Å². The number of hydrogen-bond acceptors (Lipinski definition) is 4. The van der Waals surface area contributed by atoms with Crippen molar-refractivity contribution in [3.05, 3.63) is 84.2 Å². The van der Waals surface area contributed by atoms with Crippen LogP contribution < -0.4 is 4.74 Å². The monoisotopic (exact) mass is 389 g/mol. The minimum absolute atomic E-state index is 0.165. The van der Waals surface area contributed by atoms with Crippen molar-refractivity contribution < 1.29 is 4.74 Å². The van der Waals surface area contributed by atoms with Gasteiger partial charge in [-0.25, -0.2) is 0 Å². The van der Waals surface area contributed by atoms with Crippen LogP contribution in [0.25, 0.3) is 10.8 Å². The van der Waals surface area contributed by atoms with E-state index in [9.17, 15) is 0 Å². The molecule has 3 aromatic carbocycles. The van der Waals surface area contributed by atoms with Gasteiger partial charge in [-0.1, -0.05) is 72.4 Å². The molecule has 0 N–H and O–H groups in total. The van der Waals surface area contributed by atoms with Crippen LogP contribution in [-0.2, 0) is 12.3 Å². The number of rotatable bonds is 7. The summed E-state index contributed by atoms with van der Waals surface area (Å²) in [6, 6.07) is 24.8. The van der Waals surface area contributed by atoms with Gasteiger partial charge in [0.1, 0.15) is 5.75 Å². The summed E-state index contributed by atoms with van der Waals surface area (Å²) in [6.45, 7) is 4.94. The lowest BCUT2D eigenvalue weighted by atomic mass is 10.1. The first kappa shape index (κ1) is 18.6. The number of ether oxygens (including phenoxy) is 1. The SMILES string of the molecule is CCn1c(SCc2cccc3ccccc23)nnc1C(C)Oc1ccccc1. The predicted octanol–water partition coefficient (Wildman–Crippen LogP) is 5.88. The molecule has 0 saturated carbocycles. The van der Waals surface area contributed by atoms with Crippen molar-refractivity contribution in [3.63, 3.8) is 0 Å². The van der Waals surface area contributed by atoms with Crippen LogP contribution in [0.5, 0.6) is 5.75 Å². The third-order valence-electron chi connectivity index (χ3n) is 4.72. The average Bonchev–Trinajstić information content (AvgIpc) is 3.16. The molecule has 0 saturated heterocycles. The van der Waals surface area contributed by atoms with Gasteiger partial charge in [-0.2, -0.15) is 0 Å². The molecule has 28 heavy (non-hydrogen) atoms. The van der Waals surface area contributed by atoms with Crippen LogP contribution in [0, 0.1) is 0 Å². The van der Waals surface area contributed by atoms with Gasteiger partial charge in [0, 0.05) is 12.3 Å². The van der Waals surface area contributed by atoms with Crippen molar-refractivity contribution in [3.8, 4) is 5.75 Å². The lowest BCUT2D eigenvalue weighted by Crippen LogP contribution is -2.11. The fraction of sp³-hybridized carbons (Fsp3) is 0.217. The summed E-state index contributed by atoms with van der Waals surface area (Å²) < 4.78 is 8.19. The maximum absolute atomic E-state index is 6.04. The van der Waals surface area contributed by atoms with E-state index >= 15 is 0 Å². The number of aromatic nitrogens is 3. The average molecular weight is 390 g/mol. The molecule has 0 aliphatic carbocycles. The molecule has 4 rings (SSSR count). The minimum Gasteiger partial charge on any atom is -0.483 e. The Balaban J connectivity index is 1.52. The molecule has 1 heterocycles. The highest BCUT2D eigenvalue weighted by atomic mass is 32.2. The molecule has 1 unspecified atom stereocenters. The standard InChI is InChI=1S/C23H23N3OS/c1-3-26-22(17(2)27-20-13-5-4-6-14-20)24-25-23(26)28-16-19-12-9-11-18-10-7-8-15-21(18)19/h4-15,17H,3,16H2,1-2H3. The molecule has 5 heteroatoms. The molecule has 0 aliphatic rings. The Bertz CT molecular complexity index is 1060. The zero-order valence-corrected chi connectivity index (χ0v) is 16.9. The van der Waals surface area contributed by atoms with Gasteiger partial charge in [0.15, 0.2) is 17.1 Å². The van der Waals surface area contributed by atoms with E-state index in [0.717, 1.165) is 29.0 Å². The molecular weight excluding hydrogens is 366 g/mol. The molecule has 1 aromatic heterocycles. The number of thioether (sulfide) groups is 1. The Hall–Kier alpha value is -2.79. The third-order valence-corrected chi connectivity index (χ3v) is 5.73. The second kappa shape index (κ2) is 8.48. The zero-order chi connectivity index (χ0) is 19.3. The van der Waals surface area contributed by atoms with Gasteiger partial charge >= 0.3 is 0 Å². The molecule has 142 valence electrons. The molecule has 0 amide bonds. The van der Waals surface area contributed by atoms with Gasteiger partial charge in [0.25, 0.3) is 0 Å². The highest BCUT2D eigenvalue weighted by molar-refractivity contribution is 7.98. The molecule has 4 aromatic rings. The summed E-state index contributed by atoms with van der Waals surface area (Å²) in [5.74, 6) is 2.55. The van der Waals surface area contributed by atoms with E-state index in [1.54, 1.807) is 11.8 Å². The van der Waals surface area contributed by atoms with E-state index in [1.807, 2.05) is 37.3 Å². The second-order valence-corrected chi connectivity index (χ2v) is 7.53. The summed E-state index contributed by atoms with van der Waals surface area (Å²) in [4.78, 5) is 0. The van der Waals surface area contributed by atoms with Crippen molar-refractivity contribution in [2.24, 2.45) is 0 Å². The molecule has 0 fully saturated rings. The number of benzene rings is 3. The van der Waals surface area contributed by atoms with E-state index in [4.69, 9.17) is 4.74 Å². The van der Waals surface area contributed by atoms with E-state index < -0.39 is 0 Å². The van der Waals surface area contributed by atoms with Crippen molar-refractivity contribution in [2.75, 3.05) is 0 Å². The second-order valence-electron chi connectivity index (χ2n) is 6.59. The Morgan fingerprint density at radius 3 is 2.50 bits per heavy atom. The molecule has 0 aliphatic heterocycles. The third kappa shape index (κ3) is 3.90. The van der Waals surface area contributed by atoms with Crippen molar-refractivity contribution >= 4 is 22.5 Å². The Labute approximate surface area is 169 Å². The highest BCUT2D eigenvalue weighted by Gasteiger charge is 2.19. The largest absolute Gasteiger partial charge is 0.483 e. The quantitative estimate of drug-likeness (QED) is 0.370. The van der Waals surface area contributed by atoms with Crippen LogP contribution in [0.3, 0.4) is 0 Å². The van der Waals surface area contributed by atoms with E-state index in [-0.39, 0.29) is 6.10 Å². The van der Waals surface area contributed by atoms with Gasteiger partial charge in [-0.15, -0.1) is 10.2 Å². The first-order valence-electron chi connectivity index (χ1n) is 9.50. The Morgan fingerprint density at radius 1 is 0.929 bits per heavy atom. The lowest BCUT2D eigenvalue weighted by molar-refractivity contribution is 0.210. The fourth-order valence-corrected chi connectivity index (χ4v) is 4.33. The van der Waals surface area contributed by atoms with Crippen molar-refractivity contribution in [1.82, 2.24) is 14.8 Å². The van der Waals surface area contributed by atoms with Crippen LogP contribution in [0.4, 0.5) is 0 Å². The Kier molecular flexibility index (Phi) is 5.63. The van der Waals surface area contributed by atoms with Crippen molar-refractivity contribution in [1.29, 1.82) is 0 Å². The van der Waals surface area contributed by atoms with Gasteiger partial charge in [0.2, 0.25) is 0 Å². The summed E-state index contributed by atoms with van der Waals surface area (Å²) in [6.07, 6.45) is -0.165. The van der Waals surface area contributed by atoms with Crippen LogP contribution in [0.15, 0.2) is 78.0 Å². The van der Waals surface area contributed by atoms with Crippen molar-refractivity contribution in [2.45, 2.75) is 37.4 Å². The number of hydrogen-bond donors (Lipinski definition) is 0. The minimum atomic E-state index is -0.165. The number of fused-ring (bicyclic) bond motifs is 1. The predicted molar refractivity (Wildman–Crippen MR) is 115 cm³/mol. The molecular formula is C23H23N3OS. The van der Waals surface area contributed by atoms with E-state index in [1.165, 1.54) is 16.3 Å². The first-order valence-corrected chi connectivity index (χ1v) is 10.5. The summed E-state index contributed by atoms with van der Waals surface area (Å²) in [5.41, 5.74) is 1.31. The molecule has 0 bridgehead atoms. The van der Waals surface area contributed by atoms with Crippen LogP contribution in [0.2, 0.25) is 0 Å². The molecule has 1 atom stereocenters. The summed E-state index contributed by atoms with van der Waals surface area (Å²) >= 11 is 1.72. The van der Waals surface area contributed by atoms with Crippen LogP contribution in [-0.4, -0.2) is 14.8 Å². The van der Waals surface area contributed by atoms with Crippen LogP contribution in [0.1, 0.15) is 31.3 Å². The van der Waals surface area contributed by atoms with E-state index in [0.29, 0.717) is 0 Å². The van der Waals surface area contributed by atoms with Gasteiger partial charge in [-0.3, -0.25) is 0 Å². The Morgan fingerprint density at radius 2 is 1.68 bits per heavy atom. The fourth-order valence-electron chi connectivity index (χ4n) is 3.32. The van der Waals surface area contributed by atoms with E-state index in [2.05, 4.69) is 64.2 Å². The maximum Gasteiger partial charge on any atom is 0.191 e. The normalized spacial score (nSPS) is 12.2. The summed E-state index contributed by atoms with van der Waals surface area (Å²) in [5, 5.41) is 12.3. The molecule has 4 nitrogen and oxygen atoms in total. The smallest absolute Gasteiger partial charge is 0.191 e.